The average molecular weight is 356 g/mol. The van der Waals surface area contributed by atoms with Crippen LogP contribution < -0.4 is 4.74 Å². The second-order valence-electron chi connectivity index (χ2n) is 4.86. The highest BCUT2D eigenvalue weighted by Gasteiger charge is 2.11. The summed E-state index contributed by atoms with van der Waals surface area (Å²) in [5.41, 5.74) is 1.88. The van der Waals surface area contributed by atoms with Gasteiger partial charge < -0.3 is 9.84 Å². The van der Waals surface area contributed by atoms with E-state index in [9.17, 15) is 0 Å². The van der Waals surface area contributed by atoms with Gasteiger partial charge in [0.05, 0.1) is 11.6 Å². The minimum atomic E-state index is -0.0322. The summed E-state index contributed by atoms with van der Waals surface area (Å²) in [6, 6.07) is 11.2. The summed E-state index contributed by atoms with van der Waals surface area (Å²) in [7, 11) is 0. The van der Waals surface area contributed by atoms with Gasteiger partial charge in [-0.25, -0.2) is 0 Å². The van der Waals surface area contributed by atoms with Gasteiger partial charge in [-0.05, 0) is 47.4 Å². The molecule has 20 heavy (non-hydrogen) atoms. The zero-order valence-corrected chi connectivity index (χ0v) is 13.7. The first kappa shape index (κ1) is 15.4. The Bertz CT molecular complexity index is 611. The monoisotopic (exact) mass is 354 g/mol. The third kappa shape index (κ3) is 3.54. The summed E-state index contributed by atoms with van der Waals surface area (Å²) < 4.78 is 6.95. The van der Waals surface area contributed by atoms with E-state index < -0.39 is 0 Å². The SMILES string of the molecule is CC(C)c1cc(Br)ccc1Oc1ccc(CO)cc1Cl. The average Bonchev–Trinajstić information content (AvgIpc) is 2.42. The fourth-order valence-corrected chi connectivity index (χ4v) is 2.53. The van der Waals surface area contributed by atoms with Gasteiger partial charge in [0.25, 0.3) is 0 Å². The Morgan fingerprint density at radius 1 is 1.15 bits per heavy atom. The van der Waals surface area contributed by atoms with Crippen molar-refractivity contribution in [3.8, 4) is 11.5 Å². The largest absolute Gasteiger partial charge is 0.456 e. The lowest BCUT2D eigenvalue weighted by Gasteiger charge is -2.15. The number of benzene rings is 2. The van der Waals surface area contributed by atoms with E-state index in [1.165, 1.54) is 0 Å². The Kier molecular flexibility index (Phi) is 5.08. The van der Waals surface area contributed by atoms with Crippen molar-refractivity contribution in [2.75, 3.05) is 0 Å². The highest BCUT2D eigenvalue weighted by molar-refractivity contribution is 9.10. The normalized spacial score (nSPS) is 10.9. The van der Waals surface area contributed by atoms with E-state index in [-0.39, 0.29) is 6.61 Å². The maximum absolute atomic E-state index is 9.09. The molecule has 0 saturated heterocycles. The number of halogens is 2. The van der Waals surface area contributed by atoms with Crippen LogP contribution in [0.5, 0.6) is 11.5 Å². The molecule has 1 N–H and O–H groups in total. The molecule has 0 radical (unpaired) electrons. The molecule has 0 aliphatic carbocycles. The Hall–Kier alpha value is -1.03. The molecule has 4 heteroatoms. The van der Waals surface area contributed by atoms with Crippen LogP contribution in [0.15, 0.2) is 40.9 Å². The zero-order chi connectivity index (χ0) is 14.7. The molecule has 2 nitrogen and oxygen atoms in total. The minimum absolute atomic E-state index is 0.0322. The van der Waals surface area contributed by atoms with Crippen molar-refractivity contribution in [1.82, 2.24) is 0 Å². The summed E-state index contributed by atoms with van der Waals surface area (Å²) in [5, 5.41) is 9.58. The number of hydrogen-bond acceptors (Lipinski definition) is 2. The molecule has 0 aliphatic heterocycles. The molecule has 0 bridgehead atoms. The third-order valence-corrected chi connectivity index (χ3v) is 3.78. The van der Waals surface area contributed by atoms with Crippen molar-refractivity contribution in [1.29, 1.82) is 0 Å². The van der Waals surface area contributed by atoms with Crippen molar-refractivity contribution < 1.29 is 9.84 Å². The van der Waals surface area contributed by atoms with Crippen molar-refractivity contribution in [3.05, 3.63) is 57.0 Å². The molecule has 0 spiro atoms. The number of aliphatic hydroxyl groups excluding tert-OH is 1. The molecule has 0 atom stereocenters. The van der Waals surface area contributed by atoms with Gasteiger partial charge in [0.15, 0.2) is 0 Å². The Morgan fingerprint density at radius 2 is 1.85 bits per heavy atom. The van der Waals surface area contributed by atoms with E-state index in [0.29, 0.717) is 16.7 Å². The molecule has 2 rings (SSSR count). The van der Waals surface area contributed by atoms with Crippen molar-refractivity contribution in [2.45, 2.75) is 26.4 Å². The van der Waals surface area contributed by atoms with E-state index in [1.807, 2.05) is 12.1 Å². The number of aliphatic hydroxyl groups is 1. The van der Waals surface area contributed by atoms with E-state index in [0.717, 1.165) is 21.3 Å². The quantitative estimate of drug-likeness (QED) is 0.783. The van der Waals surface area contributed by atoms with Crippen molar-refractivity contribution >= 4 is 27.5 Å². The highest BCUT2D eigenvalue weighted by Crippen LogP contribution is 2.35. The zero-order valence-electron chi connectivity index (χ0n) is 11.4. The Morgan fingerprint density at radius 3 is 2.45 bits per heavy atom. The van der Waals surface area contributed by atoms with Crippen LogP contribution in [0.25, 0.3) is 0 Å². The van der Waals surface area contributed by atoms with Gasteiger partial charge in [-0.3, -0.25) is 0 Å². The molecule has 2 aromatic carbocycles. The maximum Gasteiger partial charge on any atom is 0.146 e. The first-order valence-electron chi connectivity index (χ1n) is 6.38. The summed E-state index contributed by atoms with van der Waals surface area (Å²) in [6.45, 7) is 4.20. The molecule has 106 valence electrons. The molecule has 2 aromatic rings. The Labute approximate surface area is 132 Å². The summed E-state index contributed by atoms with van der Waals surface area (Å²) in [6.07, 6.45) is 0. The second kappa shape index (κ2) is 6.61. The maximum atomic E-state index is 9.09. The predicted molar refractivity (Wildman–Crippen MR) is 85.7 cm³/mol. The second-order valence-corrected chi connectivity index (χ2v) is 6.18. The molecule has 0 fully saturated rings. The first-order valence-corrected chi connectivity index (χ1v) is 7.55. The summed E-state index contributed by atoms with van der Waals surface area (Å²) in [4.78, 5) is 0. The van der Waals surface area contributed by atoms with E-state index in [1.54, 1.807) is 18.2 Å². The lowest BCUT2D eigenvalue weighted by molar-refractivity contribution is 0.281. The Balaban J connectivity index is 2.35. The molecular formula is C16H16BrClO2. The lowest BCUT2D eigenvalue weighted by Crippen LogP contribution is -1.95. The lowest BCUT2D eigenvalue weighted by atomic mass is 10.0. The van der Waals surface area contributed by atoms with Crippen LogP contribution in [-0.2, 0) is 6.61 Å². The number of rotatable bonds is 4. The van der Waals surface area contributed by atoms with Gasteiger partial charge in [-0.1, -0.05) is 47.4 Å². The molecule has 0 unspecified atom stereocenters. The first-order chi connectivity index (χ1) is 9.51. The van der Waals surface area contributed by atoms with Crippen molar-refractivity contribution in [2.24, 2.45) is 0 Å². The third-order valence-electron chi connectivity index (χ3n) is 2.99. The van der Waals surface area contributed by atoms with Crippen LogP contribution in [0.3, 0.4) is 0 Å². The van der Waals surface area contributed by atoms with E-state index >= 15 is 0 Å². The van der Waals surface area contributed by atoms with Crippen molar-refractivity contribution in [3.63, 3.8) is 0 Å². The molecule has 0 saturated carbocycles. The van der Waals surface area contributed by atoms with E-state index in [2.05, 4.69) is 35.8 Å². The van der Waals surface area contributed by atoms with Gasteiger partial charge in [-0.2, -0.15) is 0 Å². The number of hydrogen-bond donors (Lipinski definition) is 1. The fraction of sp³-hybridized carbons (Fsp3) is 0.250. The predicted octanol–water partition coefficient (Wildman–Crippen LogP) is 5.51. The molecule has 0 amide bonds. The topological polar surface area (TPSA) is 29.5 Å². The van der Waals surface area contributed by atoms with Crippen LogP contribution in [-0.4, -0.2) is 5.11 Å². The number of ether oxygens (including phenoxy) is 1. The van der Waals surface area contributed by atoms with Crippen LogP contribution in [0.4, 0.5) is 0 Å². The summed E-state index contributed by atoms with van der Waals surface area (Å²) >= 11 is 9.65. The molecule has 0 aliphatic rings. The van der Waals surface area contributed by atoms with E-state index in [4.69, 9.17) is 21.4 Å². The van der Waals surface area contributed by atoms with Gasteiger partial charge in [0.1, 0.15) is 11.5 Å². The van der Waals surface area contributed by atoms with Gasteiger partial charge in [0.2, 0.25) is 0 Å². The fourth-order valence-electron chi connectivity index (χ4n) is 1.91. The van der Waals surface area contributed by atoms with Crippen LogP contribution in [0.2, 0.25) is 5.02 Å². The van der Waals surface area contributed by atoms with Crippen LogP contribution in [0.1, 0.15) is 30.9 Å². The summed E-state index contributed by atoms with van der Waals surface area (Å²) in [5.74, 6) is 1.73. The molecule has 0 aromatic heterocycles. The van der Waals surface area contributed by atoms with Gasteiger partial charge >= 0.3 is 0 Å². The highest BCUT2D eigenvalue weighted by atomic mass is 79.9. The molecule has 0 heterocycles. The molecular weight excluding hydrogens is 340 g/mol. The van der Waals surface area contributed by atoms with Crippen LogP contribution >= 0.6 is 27.5 Å². The minimum Gasteiger partial charge on any atom is -0.456 e. The smallest absolute Gasteiger partial charge is 0.146 e. The standard InChI is InChI=1S/C16H16BrClO2/c1-10(2)13-8-12(17)4-6-15(13)20-16-5-3-11(9-19)7-14(16)18/h3-8,10,19H,9H2,1-2H3. The van der Waals surface area contributed by atoms with Gasteiger partial charge in [-0.15, -0.1) is 0 Å². The van der Waals surface area contributed by atoms with Crippen LogP contribution in [0, 0.1) is 0 Å². The van der Waals surface area contributed by atoms with Gasteiger partial charge in [0, 0.05) is 4.47 Å².